The molecule has 2 aromatic rings. The number of carbonyl (C=O) groups excluding carboxylic acids is 1. The summed E-state index contributed by atoms with van der Waals surface area (Å²) in [6.45, 7) is 0.952. The summed E-state index contributed by atoms with van der Waals surface area (Å²) >= 11 is 0. The Labute approximate surface area is 187 Å². The molecule has 32 heavy (non-hydrogen) atoms. The Hall–Kier alpha value is -2.56. The smallest absolute Gasteiger partial charge is 0.258 e. The molecule has 10 heteroatoms. The van der Waals surface area contributed by atoms with E-state index in [9.17, 15) is 26.0 Å². The Morgan fingerprint density at radius 1 is 0.969 bits per heavy atom. The van der Waals surface area contributed by atoms with E-state index in [1.807, 2.05) is 0 Å². The summed E-state index contributed by atoms with van der Waals surface area (Å²) in [6.07, 6.45) is 4.07. The molecule has 1 unspecified atom stereocenters. The number of benzene rings is 2. The Kier molecular flexibility index (Phi) is 6.19. The normalized spacial score (nSPS) is 20.8. The second kappa shape index (κ2) is 8.76. The number of sulfonamides is 1. The summed E-state index contributed by atoms with van der Waals surface area (Å²) in [5.74, 6) is -1.27. The number of amides is 1. The third kappa shape index (κ3) is 4.62. The Morgan fingerprint density at radius 3 is 2.16 bits per heavy atom. The number of halogens is 1. The van der Waals surface area contributed by atoms with E-state index < -0.39 is 37.6 Å². The number of anilines is 1. The Bertz CT molecular complexity index is 1230. The average molecular weight is 479 g/mol. The van der Waals surface area contributed by atoms with Crippen LogP contribution in [0.15, 0.2) is 64.9 Å². The summed E-state index contributed by atoms with van der Waals surface area (Å²) in [6, 6.07) is 10.1. The van der Waals surface area contributed by atoms with E-state index in [2.05, 4.69) is 0 Å². The van der Waals surface area contributed by atoms with Crippen LogP contribution in [-0.4, -0.2) is 51.9 Å². The van der Waals surface area contributed by atoms with Crippen LogP contribution in [-0.2, 0) is 19.9 Å². The van der Waals surface area contributed by atoms with Crippen molar-refractivity contribution in [3.05, 3.63) is 71.4 Å². The molecule has 0 spiro atoms. The van der Waals surface area contributed by atoms with E-state index in [0.29, 0.717) is 18.8 Å². The second-order valence-corrected chi connectivity index (χ2v) is 11.7. The second-order valence-electron chi connectivity index (χ2n) is 7.87. The first kappa shape index (κ1) is 22.6. The van der Waals surface area contributed by atoms with Crippen LogP contribution in [0.4, 0.5) is 10.1 Å². The van der Waals surface area contributed by atoms with E-state index >= 15 is 0 Å². The lowest BCUT2D eigenvalue weighted by atomic mass is 10.1. The van der Waals surface area contributed by atoms with Crippen molar-refractivity contribution < 1.29 is 26.0 Å². The van der Waals surface area contributed by atoms with Gasteiger partial charge in [-0.1, -0.05) is 6.42 Å². The molecule has 4 rings (SSSR count). The number of piperidine rings is 1. The molecule has 2 aliphatic rings. The zero-order valence-corrected chi connectivity index (χ0v) is 18.9. The quantitative estimate of drug-likeness (QED) is 0.659. The number of hydrogen-bond acceptors (Lipinski definition) is 5. The highest BCUT2D eigenvalue weighted by Crippen LogP contribution is 2.26. The zero-order chi connectivity index (χ0) is 22.9. The van der Waals surface area contributed by atoms with Gasteiger partial charge >= 0.3 is 0 Å². The van der Waals surface area contributed by atoms with Crippen LogP contribution < -0.4 is 4.90 Å². The number of rotatable bonds is 5. The molecule has 0 N–H and O–H groups in total. The van der Waals surface area contributed by atoms with E-state index in [1.165, 1.54) is 63.8 Å². The van der Waals surface area contributed by atoms with Gasteiger partial charge in [-0.05, 0) is 67.4 Å². The predicted molar refractivity (Wildman–Crippen MR) is 119 cm³/mol. The van der Waals surface area contributed by atoms with E-state index in [4.69, 9.17) is 0 Å². The maximum absolute atomic E-state index is 13.4. The van der Waals surface area contributed by atoms with Crippen molar-refractivity contribution in [2.75, 3.05) is 23.7 Å². The third-order valence-corrected chi connectivity index (χ3v) is 8.91. The van der Waals surface area contributed by atoms with Crippen molar-refractivity contribution in [1.29, 1.82) is 0 Å². The van der Waals surface area contributed by atoms with Crippen LogP contribution >= 0.6 is 0 Å². The molecule has 2 aliphatic heterocycles. The molecule has 1 atom stereocenters. The molecular formula is C22H23FN2O5S2. The van der Waals surface area contributed by atoms with Gasteiger partial charge in [0.05, 0.1) is 16.7 Å². The van der Waals surface area contributed by atoms with E-state index in [1.54, 1.807) is 0 Å². The van der Waals surface area contributed by atoms with Crippen molar-refractivity contribution >= 4 is 31.5 Å². The molecule has 2 heterocycles. The summed E-state index contributed by atoms with van der Waals surface area (Å²) in [5.41, 5.74) is 0.540. The first-order chi connectivity index (χ1) is 15.2. The van der Waals surface area contributed by atoms with Gasteiger partial charge in [-0.15, -0.1) is 0 Å². The van der Waals surface area contributed by atoms with Crippen molar-refractivity contribution in [2.24, 2.45) is 0 Å². The Balaban J connectivity index is 1.64. The molecule has 0 aliphatic carbocycles. The van der Waals surface area contributed by atoms with Crippen LogP contribution in [0, 0.1) is 5.82 Å². The van der Waals surface area contributed by atoms with Gasteiger partial charge in [0, 0.05) is 29.7 Å². The lowest BCUT2D eigenvalue weighted by Gasteiger charge is -2.28. The Morgan fingerprint density at radius 2 is 1.59 bits per heavy atom. The number of carbonyl (C=O) groups is 1. The number of hydrogen-bond donors (Lipinski definition) is 0. The van der Waals surface area contributed by atoms with E-state index in [-0.39, 0.29) is 16.2 Å². The van der Waals surface area contributed by atoms with Crippen molar-refractivity contribution in [3.63, 3.8) is 0 Å². The lowest BCUT2D eigenvalue weighted by molar-refractivity contribution is 0.0983. The van der Waals surface area contributed by atoms with E-state index in [0.717, 1.165) is 24.7 Å². The minimum Gasteiger partial charge on any atom is -0.300 e. The van der Waals surface area contributed by atoms with Crippen LogP contribution in [0.5, 0.6) is 0 Å². The van der Waals surface area contributed by atoms with Crippen molar-refractivity contribution in [1.82, 2.24) is 4.31 Å². The van der Waals surface area contributed by atoms with Gasteiger partial charge in [0.25, 0.3) is 5.91 Å². The first-order valence-corrected chi connectivity index (χ1v) is 13.4. The van der Waals surface area contributed by atoms with Crippen LogP contribution in [0.1, 0.15) is 29.6 Å². The van der Waals surface area contributed by atoms with Gasteiger partial charge in [0.1, 0.15) is 5.82 Å². The molecule has 2 aromatic carbocycles. The number of nitrogens with zero attached hydrogens (tertiary/aromatic N) is 2. The topological polar surface area (TPSA) is 91.8 Å². The van der Waals surface area contributed by atoms with Crippen LogP contribution in [0.25, 0.3) is 0 Å². The standard InChI is InChI=1S/C22H23FN2O5S2/c23-18-6-8-19(9-7-18)25(20-12-15-31(27,28)16-20)22(26)17-4-10-21(11-5-17)32(29,30)24-13-2-1-3-14-24/h4-12,15,20H,1-3,13-14,16H2. The molecule has 1 amide bonds. The van der Waals surface area contributed by atoms with Crippen molar-refractivity contribution in [3.8, 4) is 0 Å². The predicted octanol–water partition coefficient (Wildman–Crippen LogP) is 2.96. The molecule has 0 aromatic heterocycles. The molecule has 170 valence electrons. The molecular weight excluding hydrogens is 455 g/mol. The van der Waals surface area contributed by atoms with Gasteiger partial charge in [0.15, 0.2) is 9.84 Å². The minimum absolute atomic E-state index is 0.104. The summed E-state index contributed by atoms with van der Waals surface area (Å²) in [7, 11) is -7.08. The van der Waals surface area contributed by atoms with Gasteiger partial charge in [0.2, 0.25) is 10.0 Å². The highest BCUT2D eigenvalue weighted by Gasteiger charge is 2.32. The fraction of sp³-hybridized carbons (Fsp3) is 0.318. The highest BCUT2D eigenvalue weighted by atomic mass is 32.2. The minimum atomic E-state index is -3.64. The van der Waals surface area contributed by atoms with Gasteiger partial charge < -0.3 is 4.90 Å². The van der Waals surface area contributed by atoms with Gasteiger partial charge in [-0.25, -0.2) is 21.2 Å². The molecule has 7 nitrogen and oxygen atoms in total. The zero-order valence-electron chi connectivity index (χ0n) is 17.2. The largest absolute Gasteiger partial charge is 0.300 e. The highest BCUT2D eigenvalue weighted by molar-refractivity contribution is 7.94. The van der Waals surface area contributed by atoms with Crippen molar-refractivity contribution in [2.45, 2.75) is 30.2 Å². The fourth-order valence-electron chi connectivity index (χ4n) is 3.94. The molecule has 1 fully saturated rings. The maximum atomic E-state index is 13.4. The van der Waals surface area contributed by atoms with Gasteiger partial charge in [-0.3, -0.25) is 4.79 Å². The molecule has 1 saturated heterocycles. The summed E-state index contributed by atoms with van der Waals surface area (Å²) in [4.78, 5) is 14.7. The molecule has 0 bridgehead atoms. The lowest BCUT2D eigenvalue weighted by Crippen LogP contribution is -2.41. The molecule has 0 saturated carbocycles. The average Bonchev–Trinajstić information content (AvgIpc) is 3.15. The fourth-order valence-corrected chi connectivity index (χ4v) is 6.73. The summed E-state index contributed by atoms with van der Waals surface area (Å²) in [5, 5.41) is 1.07. The first-order valence-electron chi connectivity index (χ1n) is 10.3. The molecule has 0 radical (unpaired) electrons. The van der Waals surface area contributed by atoms with Crippen LogP contribution in [0.2, 0.25) is 0 Å². The SMILES string of the molecule is O=C(c1ccc(S(=O)(=O)N2CCCCC2)cc1)N(c1ccc(F)cc1)C1C=CS(=O)(=O)C1. The maximum Gasteiger partial charge on any atom is 0.258 e. The van der Waals surface area contributed by atoms with Crippen LogP contribution in [0.3, 0.4) is 0 Å². The monoisotopic (exact) mass is 478 g/mol. The number of sulfone groups is 1. The summed E-state index contributed by atoms with van der Waals surface area (Å²) < 4.78 is 64.5. The third-order valence-electron chi connectivity index (χ3n) is 5.62. The van der Waals surface area contributed by atoms with Gasteiger partial charge in [-0.2, -0.15) is 4.31 Å².